The zero-order chi connectivity index (χ0) is 17.7. The van der Waals surface area contributed by atoms with Crippen LogP contribution < -0.4 is 0 Å². The van der Waals surface area contributed by atoms with Crippen LogP contribution in [0.4, 0.5) is 0 Å². The molecular weight excluding hydrogens is 292 g/mol. The second-order valence-electron chi connectivity index (χ2n) is 9.78. The molecule has 0 aromatic rings. The molecule has 0 N–H and O–H groups in total. The first kappa shape index (κ1) is 18.5. The maximum atomic E-state index is 5.12. The molecule has 0 heterocycles. The largest absolute Gasteiger partial charge is 0.660 e. The molecule has 3 fully saturated rings. The van der Waals surface area contributed by atoms with E-state index >= 15 is 0 Å². The summed E-state index contributed by atoms with van der Waals surface area (Å²) >= 11 is 0. The molecule has 3 saturated carbocycles. The summed E-state index contributed by atoms with van der Waals surface area (Å²) in [7, 11) is 4.09. The second-order valence-corrected chi connectivity index (χ2v) is 9.78. The van der Waals surface area contributed by atoms with Crippen LogP contribution in [0.15, 0.2) is 12.2 Å². The second kappa shape index (κ2) is 6.43. The van der Waals surface area contributed by atoms with Crippen molar-refractivity contribution in [2.45, 2.75) is 77.3 Å². The van der Waals surface area contributed by atoms with Gasteiger partial charge >= 0.3 is 0 Å². The Kier molecular flexibility index (Phi) is 4.94. The number of hydrogen-bond acceptors (Lipinski definition) is 0. The van der Waals surface area contributed by atoms with Gasteiger partial charge < -0.3 is 10.6 Å². The molecule has 0 amide bonds. The predicted molar refractivity (Wildman–Crippen MR) is 105 cm³/mol. The Bertz CT molecular complexity index is 482. The van der Waals surface area contributed by atoms with Crippen LogP contribution in [0.25, 0.3) is 10.6 Å². The molecule has 24 heavy (non-hydrogen) atoms. The average molecular weight is 331 g/mol. The summed E-state index contributed by atoms with van der Waals surface area (Å²) in [5.41, 5.74) is 1.83. The molecule has 3 aliphatic rings. The summed E-state index contributed by atoms with van der Waals surface area (Å²) in [5.74, 6) is 4.54. The van der Waals surface area contributed by atoms with Gasteiger partial charge in [-0.1, -0.05) is 65.0 Å². The number of rotatable bonds is 4. The first-order chi connectivity index (χ1) is 11.3. The highest BCUT2D eigenvalue weighted by Gasteiger charge is 2.54. The summed E-state index contributed by atoms with van der Waals surface area (Å²) in [5, 5.41) is 9.79. The molecule has 0 spiro atoms. The third-order valence-corrected chi connectivity index (χ3v) is 8.23. The van der Waals surface area contributed by atoms with Crippen LogP contribution >= 0.6 is 0 Å². The standard InChI is InChI=1S/C22H38N2/c1-14-10-11-22(24-7)16(3)8-9-18-15(2)12-17(19(14)20(18)22)13-21(4,5)23-6/h15-20H,1,8-13H2,2-7H3/q-2/t15-,16-,17-,18+,19-,20+,22-/m1/s1. The average Bonchev–Trinajstić information content (AvgIpc) is 2.54. The number of allylic oxidation sites excluding steroid dienone is 1. The molecule has 2 heteroatoms. The van der Waals surface area contributed by atoms with Crippen LogP contribution in [-0.2, 0) is 0 Å². The van der Waals surface area contributed by atoms with E-state index in [0.29, 0.717) is 5.92 Å². The zero-order valence-electron chi connectivity index (χ0n) is 16.8. The van der Waals surface area contributed by atoms with Gasteiger partial charge in [-0.2, -0.15) is 14.1 Å². The highest BCUT2D eigenvalue weighted by molar-refractivity contribution is 5.27. The summed E-state index contributed by atoms with van der Waals surface area (Å²) in [4.78, 5) is 0. The lowest BCUT2D eigenvalue weighted by Gasteiger charge is -2.69. The molecule has 0 bridgehead atoms. The predicted octanol–water partition coefficient (Wildman–Crippen LogP) is 6.19. The van der Waals surface area contributed by atoms with Crippen molar-refractivity contribution < 1.29 is 0 Å². The highest BCUT2D eigenvalue weighted by Crippen LogP contribution is 2.63. The molecule has 0 saturated heterocycles. The van der Waals surface area contributed by atoms with E-state index in [4.69, 9.17) is 5.32 Å². The van der Waals surface area contributed by atoms with Gasteiger partial charge in [0, 0.05) is 0 Å². The van der Waals surface area contributed by atoms with Crippen molar-refractivity contribution in [2.24, 2.45) is 35.5 Å². The fourth-order valence-corrected chi connectivity index (χ4v) is 6.83. The van der Waals surface area contributed by atoms with Gasteiger partial charge in [-0.05, 0) is 48.9 Å². The van der Waals surface area contributed by atoms with E-state index in [1.165, 1.54) is 44.1 Å². The monoisotopic (exact) mass is 330 g/mol. The molecule has 3 rings (SSSR count). The van der Waals surface area contributed by atoms with Gasteiger partial charge in [0.1, 0.15) is 0 Å². The Morgan fingerprint density at radius 3 is 2.54 bits per heavy atom. The zero-order valence-corrected chi connectivity index (χ0v) is 16.8. The summed E-state index contributed by atoms with van der Waals surface area (Å²) in [6, 6.07) is 0. The molecule has 3 aliphatic carbocycles. The minimum atomic E-state index is 0.0846. The first-order valence-corrected chi connectivity index (χ1v) is 10.2. The SMILES string of the molecule is C=C1CC[C@]2([N-]C)[C@H]3[C@@H](CC[C@H]2C)[C@H](C)C[C@H](CC(C)(C)[N-]C)[C@@H]13. The maximum Gasteiger partial charge on any atom is -0.0158 e. The number of hydrogen-bond donors (Lipinski definition) is 0. The van der Waals surface area contributed by atoms with Crippen molar-refractivity contribution in [3.63, 3.8) is 0 Å². The van der Waals surface area contributed by atoms with Crippen LogP contribution in [-0.4, -0.2) is 25.2 Å². The Morgan fingerprint density at radius 2 is 1.92 bits per heavy atom. The van der Waals surface area contributed by atoms with Crippen LogP contribution in [0.3, 0.4) is 0 Å². The Hall–Kier alpha value is -0.340. The highest BCUT2D eigenvalue weighted by atomic mass is 15.0. The molecule has 2 nitrogen and oxygen atoms in total. The molecule has 138 valence electrons. The fourth-order valence-electron chi connectivity index (χ4n) is 6.83. The van der Waals surface area contributed by atoms with E-state index < -0.39 is 0 Å². The van der Waals surface area contributed by atoms with Crippen molar-refractivity contribution in [1.82, 2.24) is 0 Å². The van der Waals surface area contributed by atoms with E-state index in [-0.39, 0.29) is 11.1 Å². The van der Waals surface area contributed by atoms with Crippen LogP contribution in [0, 0.1) is 35.5 Å². The van der Waals surface area contributed by atoms with E-state index in [1.54, 1.807) is 0 Å². The minimum Gasteiger partial charge on any atom is -0.660 e. The van der Waals surface area contributed by atoms with Crippen LogP contribution in [0.1, 0.15) is 66.2 Å². The summed E-state index contributed by atoms with van der Waals surface area (Å²) in [6.07, 6.45) is 7.75. The van der Waals surface area contributed by atoms with Gasteiger partial charge in [-0.25, -0.2) is 0 Å². The van der Waals surface area contributed by atoms with Crippen LogP contribution in [0.2, 0.25) is 0 Å². The van der Waals surface area contributed by atoms with Gasteiger partial charge in [0.05, 0.1) is 0 Å². The Labute approximate surface area is 150 Å². The topological polar surface area (TPSA) is 28.2 Å². The van der Waals surface area contributed by atoms with Gasteiger partial charge in [-0.15, -0.1) is 11.1 Å². The first-order valence-electron chi connectivity index (χ1n) is 10.2. The van der Waals surface area contributed by atoms with E-state index in [0.717, 1.165) is 29.6 Å². The smallest absolute Gasteiger partial charge is 0.0158 e. The molecule has 7 atom stereocenters. The lowest BCUT2D eigenvalue weighted by molar-refractivity contribution is -0.0568. The quantitative estimate of drug-likeness (QED) is 0.550. The van der Waals surface area contributed by atoms with Gasteiger partial charge in [0.2, 0.25) is 0 Å². The lowest BCUT2D eigenvalue weighted by Crippen LogP contribution is -2.60. The molecule has 0 aromatic heterocycles. The third kappa shape index (κ3) is 2.78. The summed E-state index contributed by atoms with van der Waals surface area (Å²) in [6.45, 7) is 14.2. The van der Waals surface area contributed by atoms with E-state index in [1.807, 2.05) is 7.05 Å². The van der Waals surface area contributed by atoms with Gasteiger partial charge in [0.25, 0.3) is 0 Å². The van der Waals surface area contributed by atoms with E-state index in [9.17, 15) is 0 Å². The minimum absolute atomic E-state index is 0.0846. The van der Waals surface area contributed by atoms with Gasteiger partial charge in [0.15, 0.2) is 0 Å². The van der Waals surface area contributed by atoms with Crippen LogP contribution in [0.5, 0.6) is 0 Å². The summed E-state index contributed by atoms with van der Waals surface area (Å²) < 4.78 is 0. The Morgan fingerprint density at radius 1 is 1.21 bits per heavy atom. The molecule has 0 unspecified atom stereocenters. The molecule has 0 aromatic carbocycles. The van der Waals surface area contributed by atoms with Gasteiger partial charge in [-0.3, -0.25) is 0 Å². The van der Waals surface area contributed by atoms with Crippen molar-refractivity contribution in [1.29, 1.82) is 0 Å². The molecular formula is C22H38N2-2. The van der Waals surface area contributed by atoms with Crippen molar-refractivity contribution in [3.05, 3.63) is 22.8 Å². The maximum absolute atomic E-state index is 5.12. The fraction of sp³-hybridized carbons (Fsp3) is 0.909. The number of nitrogens with zero attached hydrogens (tertiary/aromatic N) is 2. The lowest BCUT2D eigenvalue weighted by atomic mass is 9.44. The van der Waals surface area contributed by atoms with Crippen molar-refractivity contribution >= 4 is 0 Å². The molecule has 0 aliphatic heterocycles. The third-order valence-electron chi connectivity index (χ3n) is 8.23. The Balaban J connectivity index is 1.99. The normalized spacial score (nSPS) is 45.8. The van der Waals surface area contributed by atoms with Crippen molar-refractivity contribution in [2.75, 3.05) is 14.1 Å². The van der Waals surface area contributed by atoms with Crippen molar-refractivity contribution in [3.8, 4) is 0 Å². The molecule has 0 radical (unpaired) electrons. The van der Waals surface area contributed by atoms with E-state index in [2.05, 4.69) is 46.6 Å².